The molecule has 8 heteroatoms. The van der Waals surface area contributed by atoms with Gasteiger partial charge in [0.25, 0.3) is 5.91 Å². The molecule has 1 saturated heterocycles. The predicted molar refractivity (Wildman–Crippen MR) is 137 cm³/mol. The standard InChI is InChI=1S/C28H35N3O5/c1-3-7-26(32)30-20-10-13-24-22(16-20)28(34)31(2)23-12-11-21(36-25(23)18-35-24)17-27(33)29-15-14-19-8-5-4-6-9-19/h4-6,8-10,13,16,21,23,25H,3,7,11-12,14-15,17-18H2,1-2H3,(H,29,33)(H,30,32)/t21-,23-,25+/m1/s1. The van der Waals surface area contributed by atoms with Crippen LogP contribution in [0.2, 0.25) is 0 Å². The van der Waals surface area contributed by atoms with Crippen molar-refractivity contribution in [1.29, 1.82) is 0 Å². The third-order valence-electron chi connectivity index (χ3n) is 6.76. The molecule has 2 aliphatic rings. The van der Waals surface area contributed by atoms with Gasteiger partial charge in [0.15, 0.2) is 0 Å². The fraction of sp³-hybridized carbons (Fsp3) is 0.464. The van der Waals surface area contributed by atoms with Gasteiger partial charge in [-0.15, -0.1) is 0 Å². The van der Waals surface area contributed by atoms with Crippen molar-refractivity contribution in [3.63, 3.8) is 0 Å². The molecule has 0 bridgehead atoms. The van der Waals surface area contributed by atoms with Crippen molar-refractivity contribution >= 4 is 23.4 Å². The molecule has 2 N–H and O–H groups in total. The number of benzene rings is 2. The van der Waals surface area contributed by atoms with E-state index in [0.29, 0.717) is 36.4 Å². The molecule has 3 atom stereocenters. The number of hydrogen-bond acceptors (Lipinski definition) is 5. The van der Waals surface area contributed by atoms with E-state index in [1.165, 1.54) is 5.56 Å². The van der Waals surface area contributed by atoms with E-state index < -0.39 is 0 Å². The fourth-order valence-corrected chi connectivity index (χ4v) is 4.83. The van der Waals surface area contributed by atoms with Crippen LogP contribution >= 0.6 is 0 Å². The zero-order valence-electron chi connectivity index (χ0n) is 21.0. The molecule has 0 spiro atoms. The number of rotatable bonds is 8. The molecule has 2 aromatic carbocycles. The Morgan fingerprint density at radius 2 is 1.89 bits per heavy atom. The van der Waals surface area contributed by atoms with Gasteiger partial charge in [0.1, 0.15) is 18.5 Å². The Kier molecular flexibility index (Phi) is 8.59. The Hall–Kier alpha value is -3.39. The summed E-state index contributed by atoms with van der Waals surface area (Å²) in [6.45, 7) is 2.81. The van der Waals surface area contributed by atoms with E-state index in [1.54, 1.807) is 30.1 Å². The zero-order chi connectivity index (χ0) is 25.5. The van der Waals surface area contributed by atoms with Crippen molar-refractivity contribution in [2.24, 2.45) is 0 Å². The van der Waals surface area contributed by atoms with E-state index in [9.17, 15) is 14.4 Å². The van der Waals surface area contributed by atoms with Crippen LogP contribution in [-0.4, -0.2) is 61.1 Å². The second-order valence-electron chi connectivity index (χ2n) is 9.47. The van der Waals surface area contributed by atoms with Gasteiger partial charge in [0.05, 0.1) is 24.1 Å². The van der Waals surface area contributed by atoms with Gasteiger partial charge < -0.3 is 25.0 Å². The highest BCUT2D eigenvalue weighted by Gasteiger charge is 2.39. The maximum absolute atomic E-state index is 13.3. The molecule has 0 aliphatic carbocycles. The van der Waals surface area contributed by atoms with Crippen LogP contribution in [0, 0.1) is 0 Å². The monoisotopic (exact) mass is 493 g/mol. The lowest BCUT2D eigenvalue weighted by atomic mass is 9.94. The van der Waals surface area contributed by atoms with E-state index in [2.05, 4.69) is 10.6 Å². The predicted octanol–water partition coefficient (Wildman–Crippen LogP) is 3.55. The molecule has 2 aliphatic heterocycles. The van der Waals surface area contributed by atoms with Crippen LogP contribution in [0.3, 0.4) is 0 Å². The summed E-state index contributed by atoms with van der Waals surface area (Å²) in [5, 5.41) is 5.82. The number of nitrogens with zero attached hydrogens (tertiary/aromatic N) is 1. The van der Waals surface area contributed by atoms with Crippen molar-refractivity contribution in [3.8, 4) is 5.75 Å². The van der Waals surface area contributed by atoms with Crippen molar-refractivity contribution in [2.45, 2.75) is 63.7 Å². The van der Waals surface area contributed by atoms with E-state index in [0.717, 1.165) is 19.3 Å². The van der Waals surface area contributed by atoms with Crippen LogP contribution in [0.5, 0.6) is 5.75 Å². The maximum atomic E-state index is 13.3. The first-order valence-electron chi connectivity index (χ1n) is 12.7. The molecule has 2 heterocycles. The largest absolute Gasteiger partial charge is 0.490 e. The summed E-state index contributed by atoms with van der Waals surface area (Å²) in [5.41, 5.74) is 2.18. The molecule has 0 aromatic heterocycles. The van der Waals surface area contributed by atoms with Gasteiger partial charge in [-0.1, -0.05) is 37.3 Å². The molecule has 0 saturated carbocycles. The quantitative estimate of drug-likeness (QED) is 0.586. The van der Waals surface area contributed by atoms with Crippen molar-refractivity contribution < 1.29 is 23.9 Å². The van der Waals surface area contributed by atoms with Gasteiger partial charge in [-0.3, -0.25) is 14.4 Å². The number of carbonyl (C=O) groups excluding carboxylic acids is 3. The van der Waals surface area contributed by atoms with Gasteiger partial charge in [-0.05, 0) is 49.4 Å². The van der Waals surface area contributed by atoms with Gasteiger partial charge in [-0.2, -0.15) is 0 Å². The zero-order valence-corrected chi connectivity index (χ0v) is 21.0. The summed E-state index contributed by atoms with van der Waals surface area (Å²) in [6, 6.07) is 15.0. The van der Waals surface area contributed by atoms with Gasteiger partial charge in [0, 0.05) is 25.7 Å². The SMILES string of the molecule is CCCC(=O)Nc1ccc2c(c1)C(=O)N(C)[C@@H]1CC[C@H](CC(=O)NCCc3ccccc3)O[C@H]1CO2. The van der Waals surface area contributed by atoms with Crippen molar-refractivity contribution in [1.82, 2.24) is 10.2 Å². The number of hydrogen-bond donors (Lipinski definition) is 2. The first-order chi connectivity index (χ1) is 17.4. The Bertz CT molecular complexity index is 1070. The summed E-state index contributed by atoms with van der Waals surface area (Å²) >= 11 is 0. The third kappa shape index (κ3) is 6.43. The van der Waals surface area contributed by atoms with Crippen LogP contribution in [0.15, 0.2) is 48.5 Å². The number of carbonyl (C=O) groups is 3. The highest BCUT2D eigenvalue weighted by Crippen LogP contribution is 2.32. The average Bonchev–Trinajstić information content (AvgIpc) is 2.87. The third-order valence-corrected chi connectivity index (χ3v) is 6.76. The number of amides is 3. The van der Waals surface area contributed by atoms with E-state index in [1.807, 2.05) is 37.3 Å². The number of nitrogens with one attached hydrogen (secondary N) is 2. The van der Waals surface area contributed by atoms with E-state index >= 15 is 0 Å². The van der Waals surface area contributed by atoms with Crippen LogP contribution in [0.4, 0.5) is 5.69 Å². The lowest BCUT2D eigenvalue weighted by molar-refractivity contribution is -0.134. The topological polar surface area (TPSA) is 97.0 Å². The first-order valence-corrected chi connectivity index (χ1v) is 12.7. The second kappa shape index (κ2) is 12.0. The number of ether oxygens (including phenoxy) is 2. The minimum atomic E-state index is -0.327. The first kappa shape index (κ1) is 25.7. The molecule has 0 radical (unpaired) electrons. The van der Waals surface area contributed by atoms with Crippen LogP contribution in [0.25, 0.3) is 0 Å². The summed E-state index contributed by atoms with van der Waals surface area (Å²) in [7, 11) is 1.78. The average molecular weight is 494 g/mol. The highest BCUT2D eigenvalue weighted by molar-refractivity contribution is 5.99. The van der Waals surface area contributed by atoms with Crippen molar-refractivity contribution in [2.75, 3.05) is 25.5 Å². The molecule has 36 heavy (non-hydrogen) atoms. The molecule has 1 fully saturated rings. The summed E-state index contributed by atoms with van der Waals surface area (Å²) in [4.78, 5) is 39.5. The van der Waals surface area contributed by atoms with Crippen LogP contribution in [0.1, 0.15) is 54.9 Å². The Balaban J connectivity index is 1.34. The Morgan fingerprint density at radius 1 is 1.08 bits per heavy atom. The van der Waals surface area contributed by atoms with Gasteiger partial charge >= 0.3 is 0 Å². The number of anilines is 1. The molecular weight excluding hydrogens is 458 g/mol. The minimum Gasteiger partial charge on any atom is -0.490 e. The molecule has 0 unspecified atom stereocenters. The summed E-state index contributed by atoms with van der Waals surface area (Å²) < 4.78 is 12.3. The van der Waals surface area contributed by atoms with E-state index in [-0.39, 0.29) is 49.0 Å². The second-order valence-corrected chi connectivity index (χ2v) is 9.47. The Morgan fingerprint density at radius 3 is 2.67 bits per heavy atom. The fourth-order valence-electron chi connectivity index (χ4n) is 4.83. The lowest BCUT2D eigenvalue weighted by Crippen LogP contribution is -2.54. The molecule has 3 amide bonds. The molecule has 4 rings (SSSR count). The van der Waals surface area contributed by atoms with Crippen LogP contribution in [-0.2, 0) is 20.7 Å². The molecule has 2 aromatic rings. The van der Waals surface area contributed by atoms with Crippen LogP contribution < -0.4 is 15.4 Å². The number of likely N-dealkylation sites (N-methyl/N-ethyl adjacent to an activating group) is 1. The molecule has 8 nitrogen and oxygen atoms in total. The smallest absolute Gasteiger partial charge is 0.257 e. The summed E-state index contributed by atoms with van der Waals surface area (Å²) in [6.07, 6.45) is 3.11. The highest BCUT2D eigenvalue weighted by atomic mass is 16.5. The summed E-state index contributed by atoms with van der Waals surface area (Å²) in [5.74, 6) is 0.171. The Labute approximate surface area is 212 Å². The minimum absolute atomic E-state index is 0.0337. The van der Waals surface area contributed by atoms with Crippen molar-refractivity contribution in [3.05, 3.63) is 59.7 Å². The normalized spacial score (nSPS) is 21.3. The molecular formula is C28H35N3O5. The molecule has 192 valence electrons. The van der Waals surface area contributed by atoms with Gasteiger partial charge in [-0.25, -0.2) is 0 Å². The lowest BCUT2D eigenvalue weighted by Gasteiger charge is -2.42. The number of fused-ring (bicyclic) bond motifs is 2. The van der Waals surface area contributed by atoms with Gasteiger partial charge in [0.2, 0.25) is 11.8 Å². The van der Waals surface area contributed by atoms with E-state index in [4.69, 9.17) is 9.47 Å². The maximum Gasteiger partial charge on any atom is 0.257 e.